The molecule has 1 N–H and O–H groups in total. The Labute approximate surface area is 254 Å². The Bertz CT molecular complexity index is 1760. The number of halogens is 2. The first-order valence-corrected chi connectivity index (χ1v) is 14.6. The van der Waals surface area contributed by atoms with Gasteiger partial charge in [0.05, 0.1) is 26.6 Å². The van der Waals surface area contributed by atoms with Crippen molar-refractivity contribution in [3.8, 4) is 5.75 Å². The van der Waals surface area contributed by atoms with E-state index in [0.29, 0.717) is 21.7 Å². The quantitative estimate of drug-likeness (QED) is 0.202. The minimum atomic E-state index is -0.773. The lowest BCUT2D eigenvalue weighted by Gasteiger charge is -2.11. The summed E-state index contributed by atoms with van der Waals surface area (Å²) in [6.07, 6.45) is 1.70. The Hall–Kier alpha value is -3.85. The zero-order valence-corrected chi connectivity index (χ0v) is 24.9. The average molecular weight is 649 g/mol. The minimum absolute atomic E-state index is 0.0335. The number of benzene rings is 4. The van der Waals surface area contributed by atoms with Crippen molar-refractivity contribution in [2.24, 2.45) is 4.99 Å². The van der Waals surface area contributed by atoms with Crippen molar-refractivity contribution in [3.63, 3.8) is 0 Å². The lowest BCUT2D eigenvalue weighted by Crippen LogP contribution is -2.14. The summed E-state index contributed by atoms with van der Waals surface area (Å²) >= 11 is 10.7. The van der Waals surface area contributed by atoms with Gasteiger partial charge in [-0.15, -0.1) is 0 Å². The van der Waals surface area contributed by atoms with Crippen molar-refractivity contribution in [2.75, 3.05) is 6.61 Å². The van der Waals surface area contributed by atoms with E-state index in [1.807, 2.05) is 42.5 Å². The van der Waals surface area contributed by atoms with Crippen LogP contribution in [0.5, 0.6) is 5.75 Å². The molecule has 0 aromatic heterocycles. The van der Waals surface area contributed by atoms with Crippen LogP contribution in [-0.2, 0) is 16.1 Å². The summed E-state index contributed by atoms with van der Waals surface area (Å²) in [6, 6.07) is 26.2. The second kappa shape index (κ2) is 12.8. The van der Waals surface area contributed by atoms with Crippen molar-refractivity contribution in [2.45, 2.75) is 13.5 Å². The van der Waals surface area contributed by atoms with E-state index in [-0.39, 0.29) is 33.6 Å². The summed E-state index contributed by atoms with van der Waals surface area (Å²) in [4.78, 5) is 30.0. The van der Waals surface area contributed by atoms with Gasteiger partial charge in [-0.3, -0.25) is 4.79 Å². The molecule has 0 bridgehead atoms. The zero-order chi connectivity index (χ0) is 28.9. The molecule has 0 spiro atoms. The molecular formula is C32H23BrClNO5S. The molecule has 5 rings (SSSR count). The molecule has 9 heteroatoms. The summed E-state index contributed by atoms with van der Waals surface area (Å²) in [5.74, 6) is -1.07. The third kappa shape index (κ3) is 6.40. The van der Waals surface area contributed by atoms with E-state index >= 15 is 0 Å². The number of carbonyl (C=O) groups excluding carboxylic acids is 2. The number of fused-ring (bicyclic) bond motifs is 1. The largest absolute Gasteiger partial charge is 0.506 e. The highest BCUT2D eigenvalue weighted by Gasteiger charge is 2.34. The fourth-order valence-corrected chi connectivity index (χ4v) is 5.97. The molecule has 6 nitrogen and oxygen atoms in total. The van der Waals surface area contributed by atoms with Crippen molar-refractivity contribution < 1.29 is 24.2 Å². The zero-order valence-electron chi connectivity index (χ0n) is 21.8. The fourth-order valence-electron chi connectivity index (χ4n) is 4.23. The summed E-state index contributed by atoms with van der Waals surface area (Å²) in [5.41, 5.74) is 1.82. The van der Waals surface area contributed by atoms with Gasteiger partial charge in [-0.05, 0) is 75.1 Å². The number of ether oxygens (including phenoxy) is 2. The van der Waals surface area contributed by atoms with Crippen LogP contribution in [0.15, 0.2) is 111 Å². The summed E-state index contributed by atoms with van der Waals surface area (Å²) in [6.45, 7) is 2.14. The number of thioether (sulfide) groups is 1. The smallest absolute Gasteiger partial charge is 0.344 e. The lowest BCUT2D eigenvalue weighted by molar-refractivity contribution is -0.138. The molecule has 4 aromatic carbocycles. The first kappa shape index (κ1) is 28.7. The van der Waals surface area contributed by atoms with Crippen LogP contribution >= 0.6 is 39.3 Å². The van der Waals surface area contributed by atoms with Gasteiger partial charge in [0.1, 0.15) is 28.7 Å². The van der Waals surface area contributed by atoms with Crippen molar-refractivity contribution in [3.05, 3.63) is 127 Å². The van der Waals surface area contributed by atoms with Crippen LogP contribution < -0.4 is 4.74 Å². The number of aliphatic hydroxyl groups is 1. The van der Waals surface area contributed by atoms with E-state index in [4.69, 9.17) is 21.1 Å². The van der Waals surface area contributed by atoms with Gasteiger partial charge in [0.2, 0.25) is 0 Å². The number of aliphatic imine (C=N–C) groups is 1. The van der Waals surface area contributed by atoms with Gasteiger partial charge >= 0.3 is 5.97 Å². The number of hydrogen-bond donors (Lipinski definition) is 1. The van der Waals surface area contributed by atoms with Crippen LogP contribution in [0.4, 0.5) is 0 Å². The molecule has 1 aliphatic heterocycles. The maximum atomic E-state index is 12.9. The van der Waals surface area contributed by atoms with E-state index in [0.717, 1.165) is 33.7 Å². The first-order chi connectivity index (χ1) is 19.9. The topological polar surface area (TPSA) is 85.2 Å². The molecule has 0 unspecified atom stereocenters. The Morgan fingerprint density at radius 1 is 1.02 bits per heavy atom. The van der Waals surface area contributed by atoms with Crippen molar-refractivity contribution in [1.29, 1.82) is 0 Å². The Morgan fingerprint density at radius 2 is 1.78 bits per heavy atom. The number of aliphatic hydroxyl groups excluding tert-OH is 1. The van der Waals surface area contributed by atoms with Gasteiger partial charge in [-0.1, -0.05) is 84.0 Å². The van der Waals surface area contributed by atoms with Crippen LogP contribution in [-0.4, -0.2) is 28.6 Å². The molecule has 0 saturated carbocycles. The molecule has 4 aromatic rings. The number of rotatable bonds is 7. The lowest BCUT2D eigenvalue weighted by atomic mass is 10.1. The van der Waals surface area contributed by atoms with E-state index in [2.05, 4.69) is 39.1 Å². The maximum Gasteiger partial charge on any atom is 0.344 e. The minimum Gasteiger partial charge on any atom is -0.506 e. The van der Waals surface area contributed by atoms with Crippen LogP contribution in [0.3, 0.4) is 0 Å². The number of hydrogen-bond acceptors (Lipinski definition) is 6. The van der Waals surface area contributed by atoms with E-state index in [9.17, 15) is 14.7 Å². The molecule has 0 aliphatic carbocycles. The summed E-state index contributed by atoms with van der Waals surface area (Å²) < 4.78 is 11.9. The van der Waals surface area contributed by atoms with Crippen LogP contribution in [0, 0.1) is 0 Å². The summed E-state index contributed by atoms with van der Waals surface area (Å²) in [7, 11) is 0. The van der Waals surface area contributed by atoms with Crippen molar-refractivity contribution in [1.82, 2.24) is 0 Å². The molecular weight excluding hydrogens is 626 g/mol. The average Bonchev–Trinajstić information content (AvgIpc) is 3.26. The maximum absolute atomic E-state index is 12.9. The van der Waals surface area contributed by atoms with Crippen LogP contribution in [0.25, 0.3) is 16.8 Å². The second-order valence-electron chi connectivity index (χ2n) is 8.87. The molecule has 206 valence electrons. The highest BCUT2D eigenvalue weighted by molar-refractivity contribution is 9.10. The normalized spacial score (nSPS) is 15.1. The molecule has 0 atom stereocenters. The number of esters is 1. The molecule has 1 amide bonds. The predicted octanol–water partition coefficient (Wildman–Crippen LogP) is 8.54. The third-order valence-corrected chi connectivity index (χ3v) is 8.16. The third-order valence-electron chi connectivity index (χ3n) is 6.19. The van der Waals surface area contributed by atoms with Gasteiger partial charge < -0.3 is 14.6 Å². The standard InChI is InChI=1S/C32H23BrClNO5S/c1-2-39-32(38)28-29(36)27(41-31(28)35-30(37)23-12-5-6-13-25(23)34)17-19-14-15-26(24(33)16-19)40-18-21-10-7-9-20-8-3-4-11-22(20)21/h3-17,36H,2,18H2,1H3/b27-17-,35-31?. The van der Waals surface area contributed by atoms with Crippen molar-refractivity contribution >= 4 is 73.1 Å². The first-order valence-electron chi connectivity index (χ1n) is 12.6. The monoisotopic (exact) mass is 647 g/mol. The highest BCUT2D eigenvalue weighted by atomic mass is 79.9. The second-order valence-corrected chi connectivity index (χ2v) is 11.2. The number of nitrogens with zero attached hydrogens (tertiary/aromatic N) is 1. The Kier molecular flexibility index (Phi) is 8.93. The summed E-state index contributed by atoms with van der Waals surface area (Å²) in [5, 5.41) is 13.5. The van der Waals surface area contributed by atoms with E-state index < -0.39 is 11.9 Å². The molecule has 1 heterocycles. The Morgan fingerprint density at radius 3 is 2.56 bits per heavy atom. The SMILES string of the molecule is CCOC(=O)C1=C(O)/C(=C/c2ccc(OCc3cccc4ccccc34)c(Br)c2)SC1=NC(=O)c1ccccc1Cl. The van der Waals surface area contributed by atoms with Gasteiger partial charge in [0.25, 0.3) is 5.91 Å². The van der Waals surface area contributed by atoms with Gasteiger partial charge in [-0.25, -0.2) is 9.79 Å². The molecule has 0 radical (unpaired) electrons. The molecule has 1 aliphatic rings. The Balaban J connectivity index is 1.40. The van der Waals surface area contributed by atoms with E-state index in [1.54, 1.807) is 37.3 Å². The molecule has 41 heavy (non-hydrogen) atoms. The van der Waals surface area contributed by atoms with Gasteiger partial charge in [0, 0.05) is 0 Å². The molecule has 0 fully saturated rings. The van der Waals surface area contributed by atoms with Gasteiger partial charge in [-0.2, -0.15) is 0 Å². The molecule has 0 saturated heterocycles. The number of amides is 1. The van der Waals surface area contributed by atoms with Crippen LogP contribution in [0.2, 0.25) is 5.02 Å². The number of carbonyl (C=O) groups is 2. The van der Waals surface area contributed by atoms with E-state index in [1.165, 1.54) is 0 Å². The fraction of sp³-hybridized carbons (Fsp3) is 0.0938. The predicted molar refractivity (Wildman–Crippen MR) is 167 cm³/mol. The van der Waals surface area contributed by atoms with Crippen LogP contribution in [0.1, 0.15) is 28.4 Å². The highest BCUT2D eigenvalue weighted by Crippen LogP contribution is 2.40. The van der Waals surface area contributed by atoms with Gasteiger partial charge in [0.15, 0.2) is 0 Å².